The van der Waals surface area contributed by atoms with Crippen molar-refractivity contribution >= 4 is 34.6 Å². The van der Waals surface area contributed by atoms with Crippen molar-refractivity contribution in [1.82, 2.24) is 9.88 Å². The smallest absolute Gasteiger partial charge is 0.416 e. The van der Waals surface area contributed by atoms with Crippen LogP contribution < -0.4 is 4.90 Å². The van der Waals surface area contributed by atoms with Gasteiger partial charge in [0.05, 0.1) is 6.54 Å². The number of pyridine rings is 1. The number of aromatic nitrogens is 1. The summed E-state index contributed by atoms with van der Waals surface area (Å²) in [5, 5.41) is 1.68. The number of ketones is 1. The second-order valence-corrected chi connectivity index (χ2v) is 10.5. The summed E-state index contributed by atoms with van der Waals surface area (Å²) in [6.45, 7) is 8.24. The van der Waals surface area contributed by atoms with Gasteiger partial charge in [-0.2, -0.15) is 0 Å². The van der Waals surface area contributed by atoms with E-state index in [-0.39, 0.29) is 37.4 Å². The van der Waals surface area contributed by atoms with Crippen molar-refractivity contribution in [1.29, 1.82) is 0 Å². The SMILES string of the molecule is Cc1ccc2ccnc(N(CC(=O)CC3CN(C(=O)OC(C)(C)C)C3)C(=O)OCc3ccccc3)c2c1. The van der Waals surface area contributed by atoms with Crippen LogP contribution in [0.4, 0.5) is 15.4 Å². The molecule has 1 saturated heterocycles. The van der Waals surface area contributed by atoms with Crippen LogP contribution in [-0.4, -0.2) is 53.1 Å². The Labute approximate surface area is 217 Å². The van der Waals surface area contributed by atoms with E-state index in [1.807, 2.05) is 82.3 Å². The Morgan fingerprint density at radius 1 is 1.05 bits per heavy atom. The molecule has 1 aromatic heterocycles. The number of ether oxygens (including phenoxy) is 2. The van der Waals surface area contributed by atoms with E-state index in [2.05, 4.69) is 4.98 Å². The average molecular weight is 504 g/mol. The van der Waals surface area contributed by atoms with Crippen LogP contribution >= 0.6 is 0 Å². The molecule has 0 N–H and O–H groups in total. The maximum Gasteiger partial charge on any atom is 0.416 e. The molecular formula is C29H33N3O5. The van der Waals surface area contributed by atoms with Crippen LogP contribution in [0.5, 0.6) is 0 Å². The van der Waals surface area contributed by atoms with Crippen molar-refractivity contribution in [3.63, 3.8) is 0 Å². The third-order valence-corrected chi connectivity index (χ3v) is 6.04. The summed E-state index contributed by atoms with van der Waals surface area (Å²) >= 11 is 0. The highest BCUT2D eigenvalue weighted by atomic mass is 16.6. The number of hydrogen-bond acceptors (Lipinski definition) is 6. The summed E-state index contributed by atoms with van der Waals surface area (Å²) in [4.78, 5) is 45.9. The van der Waals surface area contributed by atoms with Gasteiger partial charge in [0.2, 0.25) is 0 Å². The fourth-order valence-electron chi connectivity index (χ4n) is 4.24. The van der Waals surface area contributed by atoms with E-state index < -0.39 is 11.7 Å². The number of anilines is 1. The zero-order valence-corrected chi connectivity index (χ0v) is 21.8. The predicted molar refractivity (Wildman–Crippen MR) is 141 cm³/mol. The maximum atomic E-state index is 13.3. The molecule has 0 unspecified atom stereocenters. The van der Waals surface area contributed by atoms with E-state index in [1.54, 1.807) is 11.1 Å². The molecule has 0 radical (unpaired) electrons. The number of amides is 2. The van der Waals surface area contributed by atoms with Crippen LogP contribution in [0.2, 0.25) is 0 Å². The van der Waals surface area contributed by atoms with Crippen molar-refractivity contribution in [3.8, 4) is 0 Å². The zero-order valence-electron chi connectivity index (χ0n) is 21.8. The molecule has 0 spiro atoms. The van der Waals surface area contributed by atoms with Crippen molar-refractivity contribution in [3.05, 3.63) is 71.9 Å². The van der Waals surface area contributed by atoms with E-state index >= 15 is 0 Å². The van der Waals surface area contributed by atoms with Crippen molar-refractivity contribution in [2.75, 3.05) is 24.5 Å². The monoisotopic (exact) mass is 503 g/mol. The highest BCUT2D eigenvalue weighted by molar-refractivity contribution is 6.03. The lowest BCUT2D eigenvalue weighted by molar-refractivity contribution is -0.120. The predicted octanol–water partition coefficient (Wildman–Crippen LogP) is 5.51. The molecule has 1 aliphatic rings. The van der Waals surface area contributed by atoms with Crippen LogP contribution in [0, 0.1) is 12.8 Å². The fourth-order valence-corrected chi connectivity index (χ4v) is 4.24. The molecular weight excluding hydrogens is 470 g/mol. The van der Waals surface area contributed by atoms with Gasteiger partial charge in [0, 0.05) is 37.0 Å². The first-order valence-electron chi connectivity index (χ1n) is 12.4. The number of likely N-dealkylation sites (tertiary alicyclic amines) is 1. The zero-order chi connectivity index (χ0) is 26.6. The van der Waals surface area contributed by atoms with Gasteiger partial charge in [0.25, 0.3) is 0 Å². The number of rotatable bonds is 7. The van der Waals surface area contributed by atoms with E-state index in [9.17, 15) is 14.4 Å². The topological polar surface area (TPSA) is 89.0 Å². The summed E-state index contributed by atoms with van der Waals surface area (Å²) in [6.07, 6.45) is 0.853. The van der Waals surface area contributed by atoms with E-state index in [4.69, 9.17) is 9.47 Å². The van der Waals surface area contributed by atoms with Gasteiger partial charge in [-0.3, -0.25) is 9.69 Å². The van der Waals surface area contributed by atoms with Crippen LogP contribution in [0.1, 0.15) is 38.3 Å². The molecule has 2 amide bonds. The molecule has 1 fully saturated rings. The lowest BCUT2D eigenvalue weighted by Gasteiger charge is -2.39. The third kappa shape index (κ3) is 6.84. The summed E-state index contributed by atoms with van der Waals surface area (Å²) < 4.78 is 11.0. The second kappa shape index (κ2) is 11.0. The minimum absolute atomic E-state index is 0.0185. The Hall–Kier alpha value is -3.94. The largest absolute Gasteiger partial charge is 0.444 e. The molecule has 0 aliphatic carbocycles. The molecule has 1 aliphatic heterocycles. The number of hydrogen-bond donors (Lipinski definition) is 0. The van der Waals surface area contributed by atoms with Crippen molar-refractivity contribution in [2.45, 2.75) is 46.3 Å². The fraction of sp³-hybridized carbons (Fsp3) is 0.379. The average Bonchev–Trinajstić information content (AvgIpc) is 2.82. The molecule has 194 valence electrons. The highest BCUT2D eigenvalue weighted by Gasteiger charge is 2.35. The minimum atomic E-state index is -0.636. The molecule has 0 bridgehead atoms. The third-order valence-electron chi connectivity index (χ3n) is 6.04. The number of carbonyl (C=O) groups is 3. The molecule has 2 heterocycles. The van der Waals surface area contributed by atoms with Gasteiger partial charge in [-0.25, -0.2) is 14.6 Å². The lowest BCUT2D eigenvalue weighted by Crippen LogP contribution is -2.52. The van der Waals surface area contributed by atoms with Crippen LogP contribution in [0.3, 0.4) is 0 Å². The van der Waals surface area contributed by atoms with E-state index in [1.165, 1.54) is 4.90 Å². The quantitative estimate of drug-likeness (QED) is 0.422. The van der Waals surface area contributed by atoms with Gasteiger partial charge in [-0.05, 0) is 50.8 Å². The van der Waals surface area contributed by atoms with Crippen LogP contribution in [0.25, 0.3) is 10.8 Å². The molecule has 2 aromatic carbocycles. The van der Waals surface area contributed by atoms with Gasteiger partial charge >= 0.3 is 12.2 Å². The Balaban J connectivity index is 1.47. The number of nitrogens with zero attached hydrogens (tertiary/aromatic N) is 3. The number of carbonyl (C=O) groups excluding carboxylic acids is 3. The first-order valence-corrected chi connectivity index (χ1v) is 12.4. The maximum absolute atomic E-state index is 13.3. The van der Waals surface area contributed by atoms with Gasteiger partial charge in [0.15, 0.2) is 5.78 Å². The van der Waals surface area contributed by atoms with Gasteiger partial charge in [-0.15, -0.1) is 0 Å². The summed E-state index contributed by atoms with van der Waals surface area (Å²) in [7, 11) is 0. The minimum Gasteiger partial charge on any atom is -0.444 e. The van der Waals surface area contributed by atoms with E-state index in [0.717, 1.165) is 21.9 Å². The summed E-state index contributed by atoms with van der Waals surface area (Å²) in [5.41, 5.74) is 1.30. The van der Waals surface area contributed by atoms with Crippen molar-refractivity contribution < 1.29 is 23.9 Å². The standard InChI is InChI=1S/C29H33N3O5/c1-20-10-11-23-12-13-30-26(25(23)14-20)32(28(35)36-19-21-8-6-5-7-9-21)18-24(33)15-22-16-31(17-22)27(34)37-29(2,3)4/h5-14,22H,15-19H2,1-4H3. The second-order valence-electron chi connectivity index (χ2n) is 10.5. The number of fused-ring (bicyclic) bond motifs is 1. The Bertz CT molecular complexity index is 1280. The van der Waals surface area contributed by atoms with Gasteiger partial charge in [0.1, 0.15) is 18.0 Å². The molecule has 0 saturated carbocycles. The normalized spacial score (nSPS) is 13.7. The Morgan fingerprint density at radius 3 is 2.49 bits per heavy atom. The Kier molecular flexibility index (Phi) is 7.76. The molecule has 0 atom stereocenters. The van der Waals surface area contributed by atoms with E-state index in [0.29, 0.717) is 18.9 Å². The number of benzene rings is 2. The van der Waals surface area contributed by atoms with Gasteiger partial charge in [-0.1, -0.05) is 48.0 Å². The number of Topliss-reactive ketones (excluding diaryl/α,β-unsaturated/α-hetero) is 1. The summed E-state index contributed by atoms with van der Waals surface area (Å²) in [6, 6.07) is 17.1. The molecule has 8 heteroatoms. The molecule has 8 nitrogen and oxygen atoms in total. The van der Waals surface area contributed by atoms with Crippen LogP contribution in [-0.2, 0) is 20.9 Å². The highest BCUT2D eigenvalue weighted by Crippen LogP contribution is 2.27. The molecule has 3 aromatic rings. The van der Waals surface area contributed by atoms with Crippen molar-refractivity contribution in [2.24, 2.45) is 5.92 Å². The Morgan fingerprint density at radius 2 is 1.78 bits per heavy atom. The molecule has 37 heavy (non-hydrogen) atoms. The number of aryl methyl sites for hydroxylation is 1. The summed E-state index contributed by atoms with van der Waals surface area (Å²) in [5.74, 6) is 0.276. The van der Waals surface area contributed by atoms with Gasteiger partial charge < -0.3 is 14.4 Å². The molecule has 4 rings (SSSR count). The first kappa shape index (κ1) is 26.1. The lowest BCUT2D eigenvalue weighted by atomic mass is 9.94. The van der Waals surface area contributed by atoms with Crippen LogP contribution in [0.15, 0.2) is 60.8 Å². The first-order chi connectivity index (χ1) is 17.6.